The summed E-state index contributed by atoms with van der Waals surface area (Å²) in [5.74, 6) is 0.143. The van der Waals surface area contributed by atoms with E-state index in [0.717, 1.165) is 26.2 Å². The van der Waals surface area contributed by atoms with Crippen LogP contribution in [0.2, 0.25) is 0 Å². The molecule has 0 spiro atoms. The summed E-state index contributed by atoms with van der Waals surface area (Å²) in [7, 11) is 0. The highest BCUT2D eigenvalue weighted by molar-refractivity contribution is 5.76. The molecule has 0 aliphatic carbocycles. The molecule has 1 aromatic carbocycles. The van der Waals surface area contributed by atoms with Crippen molar-refractivity contribution in [3.8, 4) is 0 Å². The van der Waals surface area contributed by atoms with Gasteiger partial charge in [-0.05, 0) is 37.1 Å². The molecule has 1 aliphatic rings. The highest BCUT2D eigenvalue weighted by Gasteiger charge is 2.22. The number of carbonyl (C=O) groups is 1. The highest BCUT2D eigenvalue weighted by atomic mass is 16.2. The Hall–Kier alpha value is -2.30. The van der Waals surface area contributed by atoms with Crippen molar-refractivity contribution in [2.24, 2.45) is 0 Å². The van der Waals surface area contributed by atoms with E-state index in [4.69, 9.17) is 0 Å². The molecule has 0 N–H and O–H groups in total. The minimum absolute atomic E-state index is 0.143. The molecule has 5 heteroatoms. The normalized spacial score (nSPS) is 15.2. The van der Waals surface area contributed by atoms with E-state index in [1.54, 1.807) is 10.9 Å². The van der Waals surface area contributed by atoms with Crippen molar-refractivity contribution in [3.63, 3.8) is 0 Å². The first-order chi connectivity index (χ1) is 10.6. The first-order valence-corrected chi connectivity index (χ1v) is 7.71. The predicted molar refractivity (Wildman–Crippen MR) is 86.9 cm³/mol. The first-order valence-electron chi connectivity index (χ1n) is 7.71. The van der Waals surface area contributed by atoms with Crippen molar-refractivity contribution < 1.29 is 4.79 Å². The van der Waals surface area contributed by atoms with Crippen LogP contribution in [0.4, 0.5) is 5.69 Å². The molecule has 22 heavy (non-hydrogen) atoms. The molecular weight excluding hydrogens is 276 g/mol. The van der Waals surface area contributed by atoms with Gasteiger partial charge in [-0.15, -0.1) is 0 Å². The maximum absolute atomic E-state index is 12.3. The standard InChI is InChI=1S/C17H22N4O/c1-14-5-3-6-16(15(14)2)19-9-11-20(12-10-19)17(22)13-21-8-4-7-18-21/h3-8H,9-13H2,1-2H3. The summed E-state index contributed by atoms with van der Waals surface area (Å²) in [6.45, 7) is 7.95. The lowest BCUT2D eigenvalue weighted by molar-refractivity contribution is -0.132. The van der Waals surface area contributed by atoms with E-state index in [-0.39, 0.29) is 5.91 Å². The van der Waals surface area contributed by atoms with Gasteiger partial charge in [-0.3, -0.25) is 9.48 Å². The van der Waals surface area contributed by atoms with Crippen LogP contribution in [0, 0.1) is 13.8 Å². The van der Waals surface area contributed by atoms with Crippen LogP contribution in [0.15, 0.2) is 36.7 Å². The molecule has 1 fully saturated rings. The van der Waals surface area contributed by atoms with Crippen LogP contribution in [0.1, 0.15) is 11.1 Å². The van der Waals surface area contributed by atoms with Crippen LogP contribution in [0.5, 0.6) is 0 Å². The van der Waals surface area contributed by atoms with Gasteiger partial charge in [0, 0.05) is 44.3 Å². The minimum atomic E-state index is 0.143. The molecule has 1 aliphatic heterocycles. The zero-order valence-corrected chi connectivity index (χ0v) is 13.2. The van der Waals surface area contributed by atoms with Gasteiger partial charge in [0.05, 0.1) is 0 Å². The van der Waals surface area contributed by atoms with Gasteiger partial charge in [0.25, 0.3) is 0 Å². The van der Waals surface area contributed by atoms with E-state index >= 15 is 0 Å². The summed E-state index contributed by atoms with van der Waals surface area (Å²) in [6.07, 6.45) is 3.52. The summed E-state index contributed by atoms with van der Waals surface area (Å²) >= 11 is 0. The fraction of sp³-hybridized carbons (Fsp3) is 0.412. The third kappa shape index (κ3) is 2.98. The number of hydrogen-bond donors (Lipinski definition) is 0. The minimum Gasteiger partial charge on any atom is -0.368 e. The summed E-state index contributed by atoms with van der Waals surface area (Å²) < 4.78 is 1.68. The number of carbonyl (C=O) groups excluding carboxylic acids is 1. The molecular formula is C17H22N4O. The summed E-state index contributed by atoms with van der Waals surface area (Å²) in [4.78, 5) is 16.6. The maximum atomic E-state index is 12.3. The number of aromatic nitrogens is 2. The van der Waals surface area contributed by atoms with Crippen molar-refractivity contribution in [1.82, 2.24) is 14.7 Å². The molecule has 0 bridgehead atoms. The molecule has 1 aromatic heterocycles. The van der Waals surface area contributed by atoms with Crippen LogP contribution in [-0.4, -0.2) is 46.8 Å². The molecule has 5 nitrogen and oxygen atoms in total. The number of rotatable bonds is 3. The van der Waals surface area contributed by atoms with Gasteiger partial charge in [0.1, 0.15) is 6.54 Å². The number of benzene rings is 1. The van der Waals surface area contributed by atoms with Gasteiger partial charge in [-0.2, -0.15) is 5.10 Å². The largest absolute Gasteiger partial charge is 0.368 e. The number of anilines is 1. The van der Waals surface area contributed by atoms with Crippen molar-refractivity contribution in [2.75, 3.05) is 31.1 Å². The monoisotopic (exact) mass is 298 g/mol. The van der Waals surface area contributed by atoms with Gasteiger partial charge >= 0.3 is 0 Å². The lowest BCUT2D eigenvalue weighted by Gasteiger charge is -2.37. The van der Waals surface area contributed by atoms with Crippen molar-refractivity contribution in [1.29, 1.82) is 0 Å². The quantitative estimate of drug-likeness (QED) is 0.868. The number of aryl methyl sites for hydroxylation is 1. The Labute approximate surface area is 131 Å². The Morgan fingerprint density at radius 2 is 1.91 bits per heavy atom. The van der Waals surface area contributed by atoms with Gasteiger partial charge in [0.15, 0.2) is 0 Å². The molecule has 0 radical (unpaired) electrons. The molecule has 2 heterocycles. The second kappa shape index (κ2) is 6.22. The topological polar surface area (TPSA) is 41.4 Å². The number of piperazine rings is 1. The van der Waals surface area contributed by atoms with E-state index in [9.17, 15) is 4.79 Å². The van der Waals surface area contributed by atoms with Crippen LogP contribution < -0.4 is 4.90 Å². The van der Waals surface area contributed by atoms with Gasteiger partial charge in [-0.1, -0.05) is 12.1 Å². The van der Waals surface area contributed by atoms with E-state index in [0.29, 0.717) is 6.54 Å². The number of amides is 1. The summed E-state index contributed by atoms with van der Waals surface area (Å²) in [5, 5.41) is 4.09. The van der Waals surface area contributed by atoms with E-state index in [1.807, 2.05) is 17.2 Å². The average molecular weight is 298 g/mol. The molecule has 0 atom stereocenters. The number of nitrogens with zero attached hydrogens (tertiary/aromatic N) is 4. The summed E-state index contributed by atoms with van der Waals surface area (Å²) in [6, 6.07) is 8.25. The van der Waals surface area contributed by atoms with Gasteiger partial charge in [-0.25, -0.2) is 0 Å². The van der Waals surface area contributed by atoms with Gasteiger partial charge < -0.3 is 9.80 Å². The van der Waals surface area contributed by atoms with Crippen molar-refractivity contribution in [3.05, 3.63) is 47.8 Å². The molecule has 3 rings (SSSR count). The predicted octanol–water partition coefficient (Wildman–Crippen LogP) is 1.85. The van der Waals surface area contributed by atoms with Crippen LogP contribution in [-0.2, 0) is 11.3 Å². The van der Waals surface area contributed by atoms with Crippen LogP contribution >= 0.6 is 0 Å². The molecule has 0 unspecified atom stereocenters. The number of hydrogen-bond acceptors (Lipinski definition) is 3. The molecule has 2 aromatic rings. The molecule has 1 amide bonds. The molecule has 1 saturated heterocycles. The average Bonchev–Trinajstić information content (AvgIpc) is 3.03. The fourth-order valence-electron chi connectivity index (χ4n) is 2.91. The SMILES string of the molecule is Cc1cccc(N2CCN(C(=O)Cn3cccn3)CC2)c1C. The smallest absolute Gasteiger partial charge is 0.244 e. The van der Waals surface area contributed by atoms with E-state index in [1.165, 1.54) is 16.8 Å². The highest BCUT2D eigenvalue weighted by Crippen LogP contribution is 2.23. The zero-order chi connectivity index (χ0) is 15.5. The van der Waals surface area contributed by atoms with Crippen LogP contribution in [0.25, 0.3) is 0 Å². The fourth-order valence-corrected chi connectivity index (χ4v) is 2.91. The third-order valence-electron chi connectivity index (χ3n) is 4.41. The Morgan fingerprint density at radius 3 is 2.59 bits per heavy atom. The van der Waals surface area contributed by atoms with E-state index < -0.39 is 0 Å². The second-order valence-electron chi connectivity index (χ2n) is 5.79. The Bertz CT molecular complexity index is 643. The van der Waals surface area contributed by atoms with E-state index in [2.05, 4.69) is 42.0 Å². The lowest BCUT2D eigenvalue weighted by atomic mass is 10.1. The Balaban J connectivity index is 1.60. The Morgan fingerprint density at radius 1 is 1.14 bits per heavy atom. The molecule has 0 saturated carbocycles. The first kappa shape index (κ1) is 14.6. The third-order valence-corrected chi connectivity index (χ3v) is 4.41. The van der Waals surface area contributed by atoms with Gasteiger partial charge in [0.2, 0.25) is 5.91 Å². The lowest BCUT2D eigenvalue weighted by Crippen LogP contribution is -2.49. The second-order valence-corrected chi connectivity index (χ2v) is 5.79. The van der Waals surface area contributed by atoms with Crippen molar-refractivity contribution in [2.45, 2.75) is 20.4 Å². The Kier molecular flexibility index (Phi) is 4.13. The van der Waals surface area contributed by atoms with Crippen molar-refractivity contribution >= 4 is 11.6 Å². The summed E-state index contributed by atoms with van der Waals surface area (Å²) in [5.41, 5.74) is 3.94. The van der Waals surface area contributed by atoms with Crippen LogP contribution in [0.3, 0.4) is 0 Å². The zero-order valence-electron chi connectivity index (χ0n) is 13.2. The molecule has 116 valence electrons. The maximum Gasteiger partial charge on any atom is 0.244 e.